The smallest absolute Gasteiger partial charge is 0.430 e. The van der Waals surface area contributed by atoms with E-state index >= 15 is 0 Å². The summed E-state index contributed by atoms with van der Waals surface area (Å²) in [6, 6.07) is 4.91. The van der Waals surface area contributed by atoms with Crippen LogP contribution in [0.25, 0.3) is 0 Å². The lowest BCUT2D eigenvalue weighted by Gasteiger charge is -2.11. The molecule has 0 bridgehead atoms. The minimum absolute atomic E-state index is 0.0957. The van der Waals surface area contributed by atoms with Crippen LogP contribution >= 0.6 is 0 Å². The monoisotopic (exact) mass is 297 g/mol. The maximum atomic E-state index is 11.4. The summed E-state index contributed by atoms with van der Waals surface area (Å²) in [6.45, 7) is 1.39. The maximum Gasteiger partial charge on any atom is 0.513 e. The van der Waals surface area contributed by atoms with Gasteiger partial charge < -0.3 is 18.9 Å². The summed E-state index contributed by atoms with van der Waals surface area (Å²) in [5.74, 6) is 0.0957. The molecule has 1 fully saturated rings. The molecule has 2 rings (SSSR count). The first-order valence-electron chi connectivity index (χ1n) is 5.92. The number of carbonyl (C=O) groups is 2. The van der Waals surface area contributed by atoms with E-state index in [2.05, 4.69) is 0 Å². The number of rotatable bonds is 4. The van der Waals surface area contributed by atoms with Crippen molar-refractivity contribution in [3.63, 3.8) is 0 Å². The number of cyclic esters (lactones) is 2. The van der Waals surface area contributed by atoms with Crippen LogP contribution in [0.15, 0.2) is 24.3 Å². The van der Waals surface area contributed by atoms with Crippen molar-refractivity contribution in [2.45, 2.75) is 19.1 Å². The van der Waals surface area contributed by atoms with Crippen molar-refractivity contribution in [1.29, 1.82) is 0 Å². The van der Waals surface area contributed by atoms with Gasteiger partial charge in [0.1, 0.15) is 18.5 Å². The summed E-state index contributed by atoms with van der Waals surface area (Å²) in [5, 5.41) is 10.5. The van der Waals surface area contributed by atoms with E-state index in [1.54, 1.807) is 6.92 Å². The van der Waals surface area contributed by atoms with Gasteiger partial charge in [0.25, 0.3) is 5.69 Å². The van der Waals surface area contributed by atoms with Gasteiger partial charge in [-0.2, -0.15) is 0 Å². The fourth-order valence-electron chi connectivity index (χ4n) is 1.56. The Balaban J connectivity index is 1.81. The zero-order chi connectivity index (χ0) is 15.4. The summed E-state index contributed by atoms with van der Waals surface area (Å²) in [7, 11) is 0. The van der Waals surface area contributed by atoms with Crippen LogP contribution in [0, 0.1) is 10.1 Å². The Morgan fingerprint density at radius 3 is 2.52 bits per heavy atom. The van der Waals surface area contributed by atoms with Gasteiger partial charge in [-0.05, 0) is 19.1 Å². The van der Waals surface area contributed by atoms with Crippen molar-refractivity contribution < 1.29 is 33.5 Å². The van der Waals surface area contributed by atoms with Crippen molar-refractivity contribution >= 4 is 18.0 Å². The molecule has 1 saturated heterocycles. The van der Waals surface area contributed by atoms with E-state index in [0.717, 1.165) is 0 Å². The van der Waals surface area contributed by atoms with E-state index in [1.165, 1.54) is 24.3 Å². The molecule has 112 valence electrons. The Labute approximate surface area is 118 Å². The van der Waals surface area contributed by atoms with Gasteiger partial charge in [-0.25, -0.2) is 9.59 Å². The first-order chi connectivity index (χ1) is 9.95. The minimum Gasteiger partial charge on any atom is -0.430 e. The first kappa shape index (κ1) is 14.6. The molecule has 0 amide bonds. The summed E-state index contributed by atoms with van der Waals surface area (Å²) in [4.78, 5) is 32.1. The highest BCUT2D eigenvalue weighted by Crippen LogP contribution is 2.18. The number of non-ortho nitro benzene ring substituents is 1. The van der Waals surface area contributed by atoms with Crippen LogP contribution in [0.3, 0.4) is 0 Å². The Kier molecular flexibility index (Phi) is 4.21. The molecule has 1 aliphatic heterocycles. The van der Waals surface area contributed by atoms with Gasteiger partial charge in [0, 0.05) is 12.1 Å². The second-order valence-corrected chi connectivity index (χ2v) is 4.14. The third-order valence-electron chi connectivity index (χ3n) is 2.67. The van der Waals surface area contributed by atoms with Crippen molar-refractivity contribution in [1.82, 2.24) is 0 Å². The number of nitro groups is 1. The molecule has 0 spiro atoms. The summed E-state index contributed by atoms with van der Waals surface area (Å²) >= 11 is 0. The molecule has 0 radical (unpaired) electrons. The van der Waals surface area contributed by atoms with Crippen LogP contribution in [0.4, 0.5) is 15.3 Å². The molecule has 2 atom stereocenters. The summed E-state index contributed by atoms with van der Waals surface area (Å²) in [6.07, 6.45) is -3.05. The molecule has 21 heavy (non-hydrogen) atoms. The topological polar surface area (TPSA) is 114 Å². The normalized spacial score (nSPS) is 20.3. The van der Waals surface area contributed by atoms with Gasteiger partial charge in [0.05, 0.1) is 4.92 Å². The van der Waals surface area contributed by atoms with Crippen LogP contribution in [-0.4, -0.2) is 36.0 Å². The summed E-state index contributed by atoms with van der Waals surface area (Å²) in [5.41, 5.74) is -0.125. The Morgan fingerprint density at radius 2 is 2.00 bits per heavy atom. The van der Waals surface area contributed by atoms with E-state index in [-0.39, 0.29) is 18.0 Å². The molecule has 0 aliphatic carbocycles. The second kappa shape index (κ2) is 6.07. The molecule has 2 unspecified atom stereocenters. The molecule has 1 aliphatic rings. The lowest BCUT2D eigenvalue weighted by molar-refractivity contribution is -0.384. The average Bonchev–Trinajstić information content (AvgIpc) is 2.75. The third-order valence-corrected chi connectivity index (χ3v) is 2.67. The van der Waals surface area contributed by atoms with Gasteiger partial charge in [0.15, 0.2) is 6.10 Å². The van der Waals surface area contributed by atoms with Gasteiger partial charge in [-0.1, -0.05) is 0 Å². The Bertz CT molecular complexity index is 555. The Morgan fingerprint density at radius 1 is 1.33 bits per heavy atom. The molecular formula is C12H11NO8. The number of nitro benzene ring substituents is 1. The predicted octanol–water partition coefficient (Wildman–Crippen LogP) is 2.03. The molecule has 0 aromatic heterocycles. The van der Waals surface area contributed by atoms with E-state index in [4.69, 9.17) is 18.9 Å². The lowest BCUT2D eigenvalue weighted by atomic mass is 10.2. The number of carbonyl (C=O) groups excluding carboxylic acids is 2. The zero-order valence-corrected chi connectivity index (χ0v) is 10.9. The van der Waals surface area contributed by atoms with Crippen LogP contribution in [0.2, 0.25) is 0 Å². The number of hydrogen-bond donors (Lipinski definition) is 0. The molecule has 9 nitrogen and oxygen atoms in total. The largest absolute Gasteiger partial charge is 0.513 e. The first-order valence-corrected chi connectivity index (χ1v) is 5.92. The van der Waals surface area contributed by atoms with Crippen LogP contribution < -0.4 is 4.74 Å². The minimum atomic E-state index is -1.01. The maximum absolute atomic E-state index is 11.4. The van der Waals surface area contributed by atoms with Gasteiger partial charge in [-0.15, -0.1) is 0 Å². The lowest BCUT2D eigenvalue weighted by Crippen LogP contribution is -2.27. The van der Waals surface area contributed by atoms with Crippen molar-refractivity contribution in [2.75, 3.05) is 6.61 Å². The van der Waals surface area contributed by atoms with E-state index in [9.17, 15) is 19.7 Å². The Hall–Kier alpha value is -2.84. The fraction of sp³-hybridized carbons (Fsp3) is 0.333. The molecule has 0 saturated carbocycles. The molecule has 1 heterocycles. The van der Waals surface area contributed by atoms with E-state index in [0.29, 0.717) is 0 Å². The predicted molar refractivity (Wildman–Crippen MR) is 65.9 cm³/mol. The van der Waals surface area contributed by atoms with Crippen LogP contribution in [0.1, 0.15) is 6.92 Å². The highest BCUT2D eigenvalue weighted by molar-refractivity contribution is 5.64. The van der Waals surface area contributed by atoms with Gasteiger partial charge in [-0.3, -0.25) is 10.1 Å². The second-order valence-electron chi connectivity index (χ2n) is 4.14. The van der Waals surface area contributed by atoms with Gasteiger partial charge in [0.2, 0.25) is 0 Å². The van der Waals surface area contributed by atoms with Crippen LogP contribution in [-0.2, 0) is 14.2 Å². The standard InChI is InChI=1S/C12H11NO8/c1-7-10(21-12(15)19-7)6-18-11(14)20-9-4-2-8(3-5-9)13(16)17/h2-5,7,10H,6H2,1H3. The van der Waals surface area contributed by atoms with Crippen LogP contribution in [0.5, 0.6) is 5.75 Å². The van der Waals surface area contributed by atoms with Crippen molar-refractivity contribution in [2.24, 2.45) is 0 Å². The van der Waals surface area contributed by atoms with E-state index in [1.807, 2.05) is 0 Å². The average molecular weight is 297 g/mol. The van der Waals surface area contributed by atoms with Crippen molar-refractivity contribution in [3.8, 4) is 5.75 Å². The number of hydrogen-bond acceptors (Lipinski definition) is 8. The highest BCUT2D eigenvalue weighted by atomic mass is 16.8. The zero-order valence-electron chi connectivity index (χ0n) is 10.9. The van der Waals surface area contributed by atoms with E-state index < -0.39 is 29.4 Å². The van der Waals surface area contributed by atoms with Crippen molar-refractivity contribution in [3.05, 3.63) is 34.4 Å². The number of benzene rings is 1. The molecule has 9 heteroatoms. The number of ether oxygens (including phenoxy) is 4. The number of nitrogens with zero attached hydrogens (tertiary/aromatic N) is 1. The quantitative estimate of drug-likeness (QED) is 0.359. The third kappa shape index (κ3) is 3.81. The molecule has 1 aromatic rings. The summed E-state index contributed by atoms with van der Waals surface area (Å²) < 4.78 is 19.0. The van der Waals surface area contributed by atoms with Gasteiger partial charge >= 0.3 is 12.3 Å². The highest BCUT2D eigenvalue weighted by Gasteiger charge is 2.34. The SMILES string of the molecule is CC1OC(=O)OC1COC(=O)Oc1ccc([N+](=O)[O-])cc1. The molecular weight excluding hydrogens is 286 g/mol. The fourth-order valence-corrected chi connectivity index (χ4v) is 1.56. The molecule has 0 N–H and O–H groups in total. The molecule has 1 aromatic carbocycles.